The van der Waals surface area contributed by atoms with Crippen LogP contribution in [-0.2, 0) is 0 Å². The van der Waals surface area contributed by atoms with Crippen molar-refractivity contribution in [3.8, 4) is 0 Å². The normalized spacial score (nSPS) is 12.4. The molecule has 0 aliphatic heterocycles. The van der Waals surface area contributed by atoms with E-state index in [1.807, 2.05) is 97.9 Å². The van der Waals surface area contributed by atoms with Crippen LogP contribution < -0.4 is 0 Å². The summed E-state index contributed by atoms with van der Waals surface area (Å²) < 4.78 is 7.07. The van der Waals surface area contributed by atoms with Gasteiger partial charge >= 0.3 is 0 Å². The highest BCUT2D eigenvalue weighted by atomic mass is 79.9. The zero-order valence-electron chi connectivity index (χ0n) is 18.1. The summed E-state index contributed by atoms with van der Waals surface area (Å²) in [6.07, 6.45) is 0. The molecule has 4 aromatic carbocycles. The number of amidine groups is 1. The van der Waals surface area contributed by atoms with Crippen molar-refractivity contribution in [2.45, 2.75) is 6.92 Å². The molecule has 33 heavy (non-hydrogen) atoms. The summed E-state index contributed by atoms with van der Waals surface area (Å²) in [6, 6.07) is 32.1. The summed E-state index contributed by atoms with van der Waals surface area (Å²) in [5.41, 5.74) is 6.07. The second-order valence-corrected chi connectivity index (χ2v) is 8.65. The Morgan fingerprint density at radius 3 is 2.18 bits per heavy atom. The van der Waals surface area contributed by atoms with E-state index in [1.165, 1.54) is 0 Å². The van der Waals surface area contributed by atoms with E-state index in [0.717, 1.165) is 48.8 Å². The van der Waals surface area contributed by atoms with Crippen LogP contribution in [0.1, 0.15) is 23.6 Å². The van der Waals surface area contributed by atoms with Crippen molar-refractivity contribution in [1.29, 1.82) is 0 Å². The number of hydrogen-bond acceptors (Lipinski definition) is 2. The minimum Gasteiger partial charge on any atom is -0.456 e. The molecular weight excluding hydrogens is 472 g/mol. The molecule has 0 bridgehead atoms. The van der Waals surface area contributed by atoms with E-state index in [1.54, 1.807) is 0 Å². The largest absolute Gasteiger partial charge is 0.456 e. The fourth-order valence-corrected chi connectivity index (χ4v) is 4.23. The van der Waals surface area contributed by atoms with Gasteiger partial charge in [-0.3, -0.25) is 0 Å². The molecule has 0 aliphatic carbocycles. The SMILES string of the molecule is C=C(N=C(N=C(C)c1ccccc1)c1ccccc1)c1cccc2oc3ccc(Br)cc3c12. The van der Waals surface area contributed by atoms with E-state index in [-0.39, 0.29) is 0 Å². The third-order valence-electron chi connectivity index (χ3n) is 5.51. The monoisotopic (exact) mass is 492 g/mol. The fraction of sp³-hybridized carbons (Fsp3) is 0.0345. The van der Waals surface area contributed by atoms with Crippen molar-refractivity contribution in [2.75, 3.05) is 0 Å². The lowest BCUT2D eigenvalue weighted by Gasteiger charge is -2.08. The number of benzene rings is 4. The Bertz CT molecular complexity index is 1530. The van der Waals surface area contributed by atoms with Crippen LogP contribution in [0.4, 0.5) is 0 Å². The summed E-state index contributed by atoms with van der Waals surface area (Å²) in [7, 11) is 0. The van der Waals surface area contributed by atoms with Gasteiger partial charge in [-0.15, -0.1) is 0 Å². The maximum Gasteiger partial charge on any atom is 0.160 e. The number of halogens is 1. The average molecular weight is 493 g/mol. The number of rotatable bonds is 4. The van der Waals surface area contributed by atoms with E-state index in [0.29, 0.717) is 11.5 Å². The van der Waals surface area contributed by atoms with Gasteiger partial charge in [0, 0.05) is 32.1 Å². The second-order valence-electron chi connectivity index (χ2n) is 7.73. The molecule has 4 heteroatoms. The summed E-state index contributed by atoms with van der Waals surface area (Å²) in [6.45, 7) is 6.32. The van der Waals surface area contributed by atoms with Gasteiger partial charge in [-0.2, -0.15) is 0 Å². The van der Waals surface area contributed by atoms with Gasteiger partial charge < -0.3 is 4.42 Å². The molecule has 0 spiro atoms. The van der Waals surface area contributed by atoms with Gasteiger partial charge in [0.2, 0.25) is 0 Å². The van der Waals surface area contributed by atoms with Crippen LogP contribution in [0.5, 0.6) is 0 Å². The van der Waals surface area contributed by atoms with Crippen LogP contribution in [0.2, 0.25) is 0 Å². The molecule has 0 N–H and O–H groups in total. The maximum absolute atomic E-state index is 6.07. The summed E-state index contributed by atoms with van der Waals surface area (Å²) in [5, 5.41) is 2.02. The van der Waals surface area contributed by atoms with Gasteiger partial charge in [-0.1, -0.05) is 95.3 Å². The Labute approximate surface area is 200 Å². The first-order valence-electron chi connectivity index (χ1n) is 10.6. The van der Waals surface area contributed by atoms with Crippen molar-refractivity contribution in [3.63, 3.8) is 0 Å². The zero-order chi connectivity index (χ0) is 22.8. The number of hydrogen-bond donors (Lipinski definition) is 0. The molecule has 0 unspecified atom stereocenters. The van der Waals surface area contributed by atoms with Crippen molar-refractivity contribution in [2.24, 2.45) is 9.98 Å². The maximum atomic E-state index is 6.07. The Balaban J connectivity index is 1.66. The van der Waals surface area contributed by atoms with Gasteiger partial charge in [0.1, 0.15) is 11.2 Å². The molecule has 0 saturated heterocycles. The van der Waals surface area contributed by atoms with Crippen molar-refractivity contribution in [1.82, 2.24) is 0 Å². The minimum atomic E-state index is 0.618. The molecule has 1 heterocycles. The van der Waals surface area contributed by atoms with Crippen LogP contribution >= 0.6 is 15.9 Å². The Morgan fingerprint density at radius 1 is 0.758 bits per heavy atom. The molecular formula is C29H21BrN2O. The molecule has 160 valence electrons. The Kier molecular flexibility index (Phi) is 5.76. The summed E-state index contributed by atoms with van der Waals surface area (Å²) >= 11 is 3.58. The highest BCUT2D eigenvalue weighted by Crippen LogP contribution is 2.36. The van der Waals surface area contributed by atoms with Gasteiger partial charge in [0.05, 0.1) is 5.70 Å². The topological polar surface area (TPSA) is 37.9 Å². The van der Waals surface area contributed by atoms with Crippen molar-refractivity contribution >= 4 is 55.1 Å². The second kappa shape index (κ2) is 9.00. The number of aliphatic imine (C=N–C) groups is 2. The third kappa shape index (κ3) is 4.30. The lowest BCUT2D eigenvalue weighted by molar-refractivity contribution is 0.669. The van der Waals surface area contributed by atoms with Crippen molar-refractivity contribution in [3.05, 3.63) is 125 Å². The molecule has 0 amide bonds. The molecule has 1 aromatic heterocycles. The summed E-state index contributed by atoms with van der Waals surface area (Å²) in [5.74, 6) is 0.618. The molecule has 0 aliphatic rings. The van der Waals surface area contributed by atoms with E-state index in [2.05, 4.69) is 28.6 Å². The first kappa shape index (κ1) is 21.1. The first-order chi connectivity index (χ1) is 16.1. The smallest absolute Gasteiger partial charge is 0.160 e. The standard InChI is InChI=1S/C29H21BrN2O/c1-19(21-10-5-3-6-11-21)31-29(22-12-7-4-8-13-22)32-20(2)24-14-9-15-27-28(24)25-18-23(30)16-17-26(25)33-27/h3-18H,2H2,1H3. The van der Waals surface area contributed by atoms with Crippen LogP contribution in [-0.4, -0.2) is 11.5 Å². The van der Waals surface area contributed by atoms with Crippen LogP contribution in [0.15, 0.2) is 123 Å². The fourth-order valence-electron chi connectivity index (χ4n) is 3.87. The van der Waals surface area contributed by atoms with Crippen LogP contribution in [0.3, 0.4) is 0 Å². The van der Waals surface area contributed by atoms with Gasteiger partial charge in [-0.05, 0) is 36.8 Å². The number of furan rings is 1. The average Bonchev–Trinajstić information content (AvgIpc) is 3.22. The van der Waals surface area contributed by atoms with Crippen molar-refractivity contribution < 1.29 is 4.42 Å². The van der Waals surface area contributed by atoms with E-state index in [4.69, 9.17) is 14.4 Å². The zero-order valence-corrected chi connectivity index (χ0v) is 19.7. The summed E-state index contributed by atoms with van der Waals surface area (Å²) in [4.78, 5) is 9.82. The van der Waals surface area contributed by atoms with E-state index in [9.17, 15) is 0 Å². The lowest BCUT2D eigenvalue weighted by atomic mass is 10.0. The molecule has 3 nitrogen and oxygen atoms in total. The molecule has 0 saturated carbocycles. The van der Waals surface area contributed by atoms with E-state index >= 15 is 0 Å². The van der Waals surface area contributed by atoms with Gasteiger partial charge in [-0.25, -0.2) is 9.98 Å². The first-order valence-corrected chi connectivity index (χ1v) is 11.4. The highest BCUT2D eigenvalue weighted by molar-refractivity contribution is 9.10. The molecule has 0 fully saturated rings. The quantitative estimate of drug-likeness (QED) is 0.183. The molecule has 0 atom stereocenters. The van der Waals surface area contributed by atoms with Crippen LogP contribution in [0, 0.1) is 0 Å². The predicted molar refractivity (Wildman–Crippen MR) is 142 cm³/mol. The molecule has 5 aromatic rings. The highest BCUT2D eigenvalue weighted by Gasteiger charge is 2.14. The number of fused-ring (bicyclic) bond motifs is 3. The Hall–Kier alpha value is -3.76. The van der Waals surface area contributed by atoms with Gasteiger partial charge in [0.15, 0.2) is 5.84 Å². The Morgan fingerprint density at radius 2 is 1.45 bits per heavy atom. The third-order valence-corrected chi connectivity index (χ3v) is 6.00. The molecule has 0 radical (unpaired) electrons. The lowest BCUT2D eigenvalue weighted by Crippen LogP contribution is -2.04. The van der Waals surface area contributed by atoms with E-state index < -0.39 is 0 Å². The molecule has 5 rings (SSSR count). The van der Waals surface area contributed by atoms with Gasteiger partial charge in [0.25, 0.3) is 0 Å². The number of nitrogens with zero attached hydrogens (tertiary/aromatic N) is 2. The minimum absolute atomic E-state index is 0.618. The predicted octanol–water partition coefficient (Wildman–Crippen LogP) is 8.28. The van der Waals surface area contributed by atoms with Crippen LogP contribution in [0.25, 0.3) is 27.6 Å².